The molecule has 0 amide bonds. The van der Waals surface area contributed by atoms with Gasteiger partial charge in [0, 0.05) is 23.7 Å². The van der Waals surface area contributed by atoms with E-state index in [0.29, 0.717) is 0 Å². The van der Waals surface area contributed by atoms with Crippen molar-refractivity contribution >= 4 is 22.4 Å². The van der Waals surface area contributed by atoms with Crippen molar-refractivity contribution in [2.45, 2.75) is 6.42 Å². The van der Waals surface area contributed by atoms with E-state index >= 15 is 0 Å². The monoisotopic (exact) mass is 311 g/mol. The molecular formula is C21H17N3. The standard InChI is InChI=1S/C21H17N3/c1-3-8-16(9-4-1)14-19-21-17(10-7-13-22-21)15-20(24-19)23-18-11-5-2-6-12-18/h1-13,15H,14H2,(H,23,24). The lowest BCUT2D eigenvalue weighted by Gasteiger charge is -2.11. The van der Waals surface area contributed by atoms with Gasteiger partial charge in [-0.2, -0.15) is 0 Å². The van der Waals surface area contributed by atoms with Crippen LogP contribution in [0.25, 0.3) is 10.9 Å². The van der Waals surface area contributed by atoms with Crippen LogP contribution in [-0.4, -0.2) is 9.97 Å². The van der Waals surface area contributed by atoms with Crippen LogP contribution in [-0.2, 0) is 6.42 Å². The van der Waals surface area contributed by atoms with Crippen LogP contribution in [0.4, 0.5) is 11.5 Å². The van der Waals surface area contributed by atoms with Gasteiger partial charge in [0.1, 0.15) is 5.82 Å². The van der Waals surface area contributed by atoms with Gasteiger partial charge in [0.2, 0.25) is 0 Å². The van der Waals surface area contributed by atoms with Gasteiger partial charge in [-0.15, -0.1) is 0 Å². The van der Waals surface area contributed by atoms with E-state index in [1.165, 1.54) is 5.56 Å². The molecule has 2 aromatic heterocycles. The Morgan fingerprint density at radius 1 is 0.792 bits per heavy atom. The molecule has 1 N–H and O–H groups in total. The number of hydrogen-bond donors (Lipinski definition) is 1. The molecule has 24 heavy (non-hydrogen) atoms. The summed E-state index contributed by atoms with van der Waals surface area (Å²) in [6.45, 7) is 0. The maximum absolute atomic E-state index is 4.82. The van der Waals surface area contributed by atoms with Crippen LogP contribution in [0.15, 0.2) is 85.1 Å². The van der Waals surface area contributed by atoms with Crippen LogP contribution >= 0.6 is 0 Å². The van der Waals surface area contributed by atoms with E-state index in [2.05, 4.69) is 40.6 Å². The van der Waals surface area contributed by atoms with Crippen molar-refractivity contribution in [3.8, 4) is 0 Å². The molecule has 0 fully saturated rings. The normalized spacial score (nSPS) is 10.7. The Bertz CT molecular complexity index is 950. The number of nitrogens with zero attached hydrogens (tertiary/aromatic N) is 2. The van der Waals surface area contributed by atoms with Crippen LogP contribution < -0.4 is 5.32 Å². The van der Waals surface area contributed by atoms with E-state index < -0.39 is 0 Å². The number of anilines is 2. The SMILES string of the molecule is c1ccc(Cc2nc(Nc3ccccc3)cc3cccnc23)cc1. The van der Waals surface area contributed by atoms with Crippen LogP contribution in [0.3, 0.4) is 0 Å². The highest BCUT2D eigenvalue weighted by molar-refractivity contribution is 5.84. The second kappa shape index (κ2) is 6.50. The summed E-state index contributed by atoms with van der Waals surface area (Å²) >= 11 is 0. The summed E-state index contributed by atoms with van der Waals surface area (Å²) in [5.41, 5.74) is 4.20. The van der Waals surface area contributed by atoms with Crippen LogP contribution in [0, 0.1) is 0 Å². The molecule has 0 radical (unpaired) electrons. The van der Waals surface area contributed by atoms with Crippen molar-refractivity contribution in [3.05, 3.63) is 96.3 Å². The summed E-state index contributed by atoms with van der Waals surface area (Å²) < 4.78 is 0. The fourth-order valence-corrected chi connectivity index (χ4v) is 2.80. The first-order valence-corrected chi connectivity index (χ1v) is 7.99. The lowest BCUT2D eigenvalue weighted by Crippen LogP contribution is -2.00. The first kappa shape index (κ1) is 14.4. The Balaban J connectivity index is 1.76. The van der Waals surface area contributed by atoms with Crippen LogP contribution in [0.1, 0.15) is 11.3 Å². The average Bonchev–Trinajstić information content (AvgIpc) is 2.63. The predicted molar refractivity (Wildman–Crippen MR) is 98.5 cm³/mol. The molecule has 0 aliphatic rings. The third-order valence-electron chi connectivity index (χ3n) is 3.92. The Labute approximate surface area is 141 Å². The number of aromatic nitrogens is 2. The molecule has 0 aliphatic heterocycles. The zero-order valence-electron chi connectivity index (χ0n) is 13.2. The van der Waals surface area contributed by atoms with Gasteiger partial charge in [-0.25, -0.2) is 4.98 Å². The number of para-hydroxylation sites is 1. The summed E-state index contributed by atoms with van der Waals surface area (Å²) in [6.07, 6.45) is 2.58. The number of rotatable bonds is 4. The van der Waals surface area contributed by atoms with Crippen molar-refractivity contribution in [2.75, 3.05) is 5.32 Å². The molecule has 3 nitrogen and oxygen atoms in total. The molecule has 116 valence electrons. The van der Waals surface area contributed by atoms with E-state index in [0.717, 1.165) is 34.5 Å². The lowest BCUT2D eigenvalue weighted by atomic mass is 10.1. The Morgan fingerprint density at radius 3 is 2.33 bits per heavy atom. The summed E-state index contributed by atoms with van der Waals surface area (Å²) in [7, 11) is 0. The second-order valence-corrected chi connectivity index (χ2v) is 5.68. The van der Waals surface area contributed by atoms with Gasteiger partial charge in [0.15, 0.2) is 0 Å². The van der Waals surface area contributed by atoms with Crippen molar-refractivity contribution in [1.82, 2.24) is 9.97 Å². The maximum Gasteiger partial charge on any atom is 0.131 e. The van der Waals surface area contributed by atoms with Gasteiger partial charge in [0.25, 0.3) is 0 Å². The number of pyridine rings is 2. The van der Waals surface area contributed by atoms with Crippen molar-refractivity contribution in [1.29, 1.82) is 0 Å². The first-order valence-electron chi connectivity index (χ1n) is 7.99. The molecule has 0 saturated carbocycles. The fourth-order valence-electron chi connectivity index (χ4n) is 2.80. The topological polar surface area (TPSA) is 37.8 Å². The molecule has 0 spiro atoms. The molecule has 0 aliphatic carbocycles. The quantitative estimate of drug-likeness (QED) is 0.578. The zero-order chi connectivity index (χ0) is 16.2. The van der Waals surface area contributed by atoms with Gasteiger partial charge < -0.3 is 5.32 Å². The largest absolute Gasteiger partial charge is 0.340 e. The molecule has 0 atom stereocenters. The molecule has 0 unspecified atom stereocenters. The highest BCUT2D eigenvalue weighted by atomic mass is 15.0. The van der Waals surface area contributed by atoms with E-state index in [4.69, 9.17) is 4.98 Å². The summed E-state index contributed by atoms with van der Waals surface area (Å²) in [4.78, 5) is 9.35. The van der Waals surface area contributed by atoms with Gasteiger partial charge >= 0.3 is 0 Å². The molecule has 4 aromatic rings. The highest BCUT2D eigenvalue weighted by Crippen LogP contribution is 2.23. The number of fused-ring (bicyclic) bond motifs is 1. The Morgan fingerprint density at radius 2 is 1.54 bits per heavy atom. The van der Waals surface area contributed by atoms with Gasteiger partial charge in [-0.3, -0.25) is 4.98 Å². The smallest absolute Gasteiger partial charge is 0.131 e. The van der Waals surface area contributed by atoms with E-state index in [1.807, 2.05) is 54.7 Å². The second-order valence-electron chi connectivity index (χ2n) is 5.68. The van der Waals surface area contributed by atoms with Crippen LogP contribution in [0.2, 0.25) is 0 Å². The van der Waals surface area contributed by atoms with Gasteiger partial charge in [-0.1, -0.05) is 54.6 Å². The zero-order valence-corrected chi connectivity index (χ0v) is 13.2. The van der Waals surface area contributed by atoms with Gasteiger partial charge in [0.05, 0.1) is 11.2 Å². The molecule has 0 bridgehead atoms. The molecule has 2 aromatic carbocycles. The third kappa shape index (κ3) is 3.10. The third-order valence-corrected chi connectivity index (χ3v) is 3.92. The van der Waals surface area contributed by atoms with Gasteiger partial charge in [-0.05, 0) is 29.8 Å². The van der Waals surface area contributed by atoms with E-state index in [1.54, 1.807) is 0 Å². The van der Waals surface area contributed by atoms with Crippen LogP contribution in [0.5, 0.6) is 0 Å². The number of benzene rings is 2. The predicted octanol–water partition coefficient (Wildman–Crippen LogP) is 4.96. The number of hydrogen-bond acceptors (Lipinski definition) is 3. The molecule has 2 heterocycles. The molecule has 4 rings (SSSR count). The van der Waals surface area contributed by atoms with Crippen molar-refractivity contribution in [3.63, 3.8) is 0 Å². The minimum absolute atomic E-state index is 0.763. The minimum atomic E-state index is 0.763. The molecule has 0 saturated heterocycles. The Hall–Kier alpha value is -3.20. The van der Waals surface area contributed by atoms with E-state index in [-0.39, 0.29) is 0 Å². The van der Waals surface area contributed by atoms with E-state index in [9.17, 15) is 0 Å². The summed E-state index contributed by atoms with van der Waals surface area (Å²) in [5, 5.41) is 4.48. The number of nitrogens with one attached hydrogen (secondary N) is 1. The summed E-state index contributed by atoms with van der Waals surface area (Å²) in [6, 6.07) is 26.5. The van der Waals surface area contributed by atoms with Crippen molar-refractivity contribution in [2.24, 2.45) is 0 Å². The first-order chi connectivity index (χ1) is 11.9. The Kier molecular flexibility index (Phi) is 3.90. The summed E-state index contributed by atoms with van der Waals surface area (Å²) in [5.74, 6) is 0.840. The average molecular weight is 311 g/mol. The molecule has 3 heteroatoms. The lowest BCUT2D eigenvalue weighted by molar-refractivity contribution is 1.09. The highest BCUT2D eigenvalue weighted by Gasteiger charge is 2.08. The minimum Gasteiger partial charge on any atom is -0.340 e. The van der Waals surface area contributed by atoms with Crippen molar-refractivity contribution < 1.29 is 0 Å². The molecular weight excluding hydrogens is 294 g/mol. The fraction of sp³-hybridized carbons (Fsp3) is 0.0476. The maximum atomic E-state index is 4.82.